The maximum absolute atomic E-state index is 11.8. The highest BCUT2D eigenvalue weighted by molar-refractivity contribution is 8.76. The van der Waals surface area contributed by atoms with Crippen molar-refractivity contribution in [3.05, 3.63) is 0 Å². The van der Waals surface area contributed by atoms with Gasteiger partial charge in [0.05, 0.1) is 5.25 Å². The minimum Gasteiger partial charge on any atom is -0.352 e. The van der Waals surface area contributed by atoms with Crippen LogP contribution >= 0.6 is 34.2 Å². The molecule has 8 heteroatoms. The zero-order valence-electron chi connectivity index (χ0n) is 18.5. The number of thiol groups is 1. The third kappa shape index (κ3) is 12.3. The van der Waals surface area contributed by atoms with Crippen molar-refractivity contribution in [2.45, 2.75) is 91.4 Å². The molecule has 2 saturated heterocycles. The van der Waals surface area contributed by atoms with Crippen LogP contribution in [0.1, 0.15) is 80.1 Å². The molecule has 1 N–H and O–H groups in total. The summed E-state index contributed by atoms with van der Waals surface area (Å²) in [4.78, 5) is 36.4. The first kappa shape index (κ1) is 29.9. The Labute approximate surface area is 185 Å². The van der Waals surface area contributed by atoms with Gasteiger partial charge in [-0.1, -0.05) is 69.6 Å². The number of rotatable bonds is 7. The molecular formula is C20H40N2O3S3. The fraction of sp³-hybridized carbons (Fsp3) is 0.850. The van der Waals surface area contributed by atoms with Crippen molar-refractivity contribution in [2.24, 2.45) is 0 Å². The van der Waals surface area contributed by atoms with E-state index in [1.165, 1.54) is 4.90 Å². The Kier molecular flexibility index (Phi) is 21.3. The normalized spacial score (nSPS) is 20.8. The second kappa shape index (κ2) is 20.0. The van der Waals surface area contributed by atoms with Crippen molar-refractivity contribution >= 4 is 51.9 Å². The van der Waals surface area contributed by atoms with E-state index >= 15 is 0 Å². The highest BCUT2D eigenvalue weighted by atomic mass is 33.1. The van der Waals surface area contributed by atoms with E-state index in [0.717, 1.165) is 37.2 Å². The third-order valence-corrected chi connectivity index (χ3v) is 6.69. The van der Waals surface area contributed by atoms with Crippen molar-refractivity contribution in [3.8, 4) is 0 Å². The first-order valence-electron chi connectivity index (χ1n) is 10.6. The summed E-state index contributed by atoms with van der Waals surface area (Å²) in [6, 6.07) is 0.311. The molecule has 0 aromatic heterocycles. The van der Waals surface area contributed by atoms with Gasteiger partial charge in [0.15, 0.2) is 0 Å². The number of hydrogen-bond acceptors (Lipinski definition) is 6. The van der Waals surface area contributed by atoms with Crippen LogP contribution in [0.2, 0.25) is 0 Å². The lowest BCUT2D eigenvalue weighted by Crippen LogP contribution is -2.37. The molecule has 0 aromatic rings. The Hall–Kier alpha value is -0.340. The molecular weight excluding hydrogens is 412 g/mol. The average Bonchev–Trinajstić information content (AvgIpc) is 2.98. The fourth-order valence-electron chi connectivity index (χ4n) is 2.51. The number of amides is 3. The summed E-state index contributed by atoms with van der Waals surface area (Å²) >= 11 is 4.09. The monoisotopic (exact) mass is 452 g/mol. The molecule has 2 fully saturated rings. The zero-order valence-corrected chi connectivity index (χ0v) is 21.0. The van der Waals surface area contributed by atoms with E-state index in [1.54, 1.807) is 0 Å². The molecule has 166 valence electrons. The number of unbranched alkanes of at least 4 members (excludes halogenated alkanes) is 2. The van der Waals surface area contributed by atoms with E-state index in [1.807, 2.05) is 63.1 Å². The van der Waals surface area contributed by atoms with Crippen molar-refractivity contribution in [2.75, 3.05) is 18.1 Å². The Morgan fingerprint density at radius 1 is 1.07 bits per heavy atom. The number of carbonyl (C=O) groups excluding carboxylic acids is 3. The van der Waals surface area contributed by atoms with Gasteiger partial charge >= 0.3 is 0 Å². The van der Waals surface area contributed by atoms with Gasteiger partial charge in [0.25, 0.3) is 0 Å². The number of imide groups is 1. The van der Waals surface area contributed by atoms with E-state index in [-0.39, 0.29) is 24.1 Å². The van der Waals surface area contributed by atoms with Gasteiger partial charge in [0, 0.05) is 36.9 Å². The van der Waals surface area contributed by atoms with Crippen molar-refractivity contribution in [3.63, 3.8) is 0 Å². The largest absolute Gasteiger partial charge is 0.352 e. The van der Waals surface area contributed by atoms with Gasteiger partial charge in [-0.15, -0.1) is 0 Å². The van der Waals surface area contributed by atoms with E-state index in [9.17, 15) is 14.4 Å². The van der Waals surface area contributed by atoms with Gasteiger partial charge in [-0.05, 0) is 19.3 Å². The standard InChI is InChI=1S/C14H22N2O3S3.3C2H6/c17-12(15-10-5-7-21-22-9-10)4-2-1-3-6-16-13(18)8-11(20)14(16)19;3*1-2/h10-11,20H,1-9H2,(H,15,17);3*1-2H3. The van der Waals surface area contributed by atoms with Crippen LogP contribution in [0, 0.1) is 0 Å². The summed E-state index contributed by atoms with van der Waals surface area (Å²) in [5.74, 6) is 1.88. The predicted octanol–water partition coefficient (Wildman–Crippen LogP) is 4.95. The first-order valence-corrected chi connectivity index (χ1v) is 13.6. The summed E-state index contributed by atoms with van der Waals surface area (Å²) in [7, 11) is 3.68. The summed E-state index contributed by atoms with van der Waals surface area (Å²) in [5, 5.41) is 2.60. The molecule has 28 heavy (non-hydrogen) atoms. The van der Waals surface area contributed by atoms with Crippen LogP contribution in [0.3, 0.4) is 0 Å². The molecule has 0 radical (unpaired) electrons. The van der Waals surface area contributed by atoms with Gasteiger partial charge in [-0.25, -0.2) is 0 Å². The van der Waals surface area contributed by atoms with Gasteiger partial charge in [-0.3, -0.25) is 19.3 Å². The third-order valence-electron chi connectivity index (χ3n) is 3.77. The van der Waals surface area contributed by atoms with Crippen LogP contribution in [0.15, 0.2) is 0 Å². The minimum atomic E-state index is -0.468. The molecule has 3 amide bonds. The van der Waals surface area contributed by atoms with E-state index < -0.39 is 5.25 Å². The Bertz CT molecular complexity index is 431. The molecule has 2 aliphatic rings. The Balaban J connectivity index is 0. The van der Waals surface area contributed by atoms with Crippen LogP contribution in [-0.4, -0.2) is 52.0 Å². The average molecular weight is 453 g/mol. The van der Waals surface area contributed by atoms with Crippen LogP contribution in [0.5, 0.6) is 0 Å². The SMILES string of the molecule is CC.CC.CC.O=C(CCCCCN1C(=O)CC(S)C1=O)NC1CCSSC1. The highest BCUT2D eigenvalue weighted by Crippen LogP contribution is 2.29. The molecule has 2 atom stereocenters. The number of nitrogens with one attached hydrogen (secondary N) is 1. The molecule has 0 spiro atoms. The van der Waals surface area contributed by atoms with Crippen molar-refractivity contribution in [1.29, 1.82) is 0 Å². The summed E-state index contributed by atoms with van der Waals surface area (Å²) in [5.41, 5.74) is 0. The maximum atomic E-state index is 11.8. The lowest BCUT2D eigenvalue weighted by molar-refractivity contribution is -0.138. The minimum absolute atomic E-state index is 0.112. The number of likely N-dealkylation sites (tertiary alicyclic amines) is 1. The lowest BCUT2D eigenvalue weighted by Gasteiger charge is -2.21. The highest BCUT2D eigenvalue weighted by Gasteiger charge is 2.35. The van der Waals surface area contributed by atoms with Crippen LogP contribution in [0.4, 0.5) is 0 Å². The van der Waals surface area contributed by atoms with Crippen molar-refractivity contribution < 1.29 is 14.4 Å². The Morgan fingerprint density at radius 2 is 1.71 bits per heavy atom. The molecule has 0 bridgehead atoms. The molecule has 0 aromatic carbocycles. The smallest absolute Gasteiger partial charge is 0.242 e. The molecule has 0 saturated carbocycles. The summed E-state index contributed by atoms with van der Waals surface area (Å²) < 4.78 is 0. The molecule has 5 nitrogen and oxygen atoms in total. The fourth-order valence-corrected chi connectivity index (χ4v) is 5.24. The zero-order chi connectivity index (χ0) is 21.9. The van der Waals surface area contributed by atoms with Crippen molar-refractivity contribution in [1.82, 2.24) is 10.2 Å². The predicted molar refractivity (Wildman–Crippen MR) is 128 cm³/mol. The van der Waals surface area contributed by atoms with Crippen LogP contribution in [0.25, 0.3) is 0 Å². The summed E-state index contributed by atoms with van der Waals surface area (Å²) in [6.07, 6.45) is 4.17. The van der Waals surface area contributed by atoms with E-state index in [2.05, 4.69) is 17.9 Å². The lowest BCUT2D eigenvalue weighted by atomic mass is 10.1. The van der Waals surface area contributed by atoms with Gasteiger partial charge in [0.1, 0.15) is 0 Å². The quantitative estimate of drug-likeness (QED) is 0.247. The second-order valence-electron chi connectivity index (χ2n) is 5.57. The number of nitrogens with zero attached hydrogens (tertiary/aromatic N) is 1. The van der Waals surface area contributed by atoms with Gasteiger partial charge in [0.2, 0.25) is 17.7 Å². The summed E-state index contributed by atoms with van der Waals surface area (Å²) in [6.45, 7) is 12.5. The second-order valence-corrected chi connectivity index (χ2v) is 8.82. The van der Waals surface area contributed by atoms with Crippen LogP contribution in [-0.2, 0) is 14.4 Å². The van der Waals surface area contributed by atoms with E-state index in [0.29, 0.717) is 19.0 Å². The Morgan fingerprint density at radius 3 is 2.21 bits per heavy atom. The molecule has 2 rings (SSSR count). The van der Waals surface area contributed by atoms with E-state index in [4.69, 9.17) is 0 Å². The molecule has 0 aliphatic carbocycles. The number of carbonyl (C=O) groups is 3. The first-order chi connectivity index (χ1) is 13.6. The molecule has 2 heterocycles. The molecule has 2 unspecified atom stereocenters. The topological polar surface area (TPSA) is 66.5 Å². The molecule has 2 aliphatic heterocycles. The number of hydrogen-bond donors (Lipinski definition) is 2. The van der Waals surface area contributed by atoms with Crippen LogP contribution < -0.4 is 5.32 Å². The van der Waals surface area contributed by atoms with Gasteiger partial charge < -0.3 is 5.32 Å². The maximum Gasteiger partial charge on any atom is 0.242 e. The van der Waals surface area contributed by atoms with Gasteiger partial charge in [-0.2, -0.15) is 12.6 Å².